The minimum atomic E-state index is -0.197. The molecule has 0 aliphatic heterocycles. The second-order valence-corrected chi connectivity index (χ2v) is 5.06. The first kappa shape index (κ1) is 14.6. The molecule has 1 aromatic carbocycles. The second kappa shape index (κ2) is 7.10. The number of aromatic nitrogens is 2. The van der Waals surface area contributed by atoms with Gasteiger partial charge in [0, 0.05) is 25.5 Å². The average molecular weight is 292 g/mol. The number of anilines is 1. The number of alkyl halides is 1. The van der Waals surface area contributed by atoms with Crippen LogP contribution in [0.5, 0.6) is 0 Å². The van der Waals surface area contributed by atoms with Gasteiger partial charge < -0.3 is 9.88 Å². The first-order valence-corrected chi connectivity index (χ1v) is 7.14. The predicted octanol–water partition coefficient (Wildman–Crippen LogP) is 3.05. The predicted molar refractivity (Wildman–Crippen MR) is 82.3 cm³/mol. The first-order valence-electron chi connectivity index (χ1n) is 6.70. The van der Waals surface area contributed by atoms with Crippen LogP contribution in [-0.2, 0) is 6.54 Å². The largest absolute Gasteiger partial charge is 0.364 e. The molecule has 4 nitrogen and oxygen atoms in total. The Hall–Kier alpha value is -1.81. The van der Waals surface area contributed by atoms with Gasteiger partial charge in [-0.2, -0.15) is 0 Å². The Labute approximate surface area is 123 Å². The van der Waals surface area contributed by atoms with Gasteiger partial charge in [0.2, 0.25) is 0 Å². The van der Waals surface area contributed by atoms with Crippen molar-refractivity contribution in [3.63, 3.8) is 0 Å². The van der Waals surface area contributed by atoms with Crippen LogP contribution in [0.2, 0.25) is 0 Å². The summed E-state index contributed by atoms with van der Waals surface area (Å²) in [7, 11) is 0. The van der Waals surface area contributed by atoms with Crippen molar-refractivity contribution in [1.82, 2.24) is 9.55 Å². The van der Waals surface area contributed by atoms with Gasteiger partial charge in [0.05, 0.1) is 5.38 Å². The molecule has 0 fully saturated rings. The van der Waals surface area contributed by atoms with Crippen LogP contribution in [0.15, 0.2) is 47.5 Å². The molecule has 0 radical (unpaired) electrons. The van der Waals surface area contributed by atoms with Crippen LogP contribution in [0.1, 0.15) is 24.3 Å². The number of aryl methyl sites for hydroxylation is 1. The van der Waals surface area contributed by atoms with E-state index in [-0.39, 0.29) is 10.9 Å². The molecule has 2 aromatic rings. The van der Waals surface area contributed by atoms with Crippen molar-refractivity contribution in [2.75, 3.05) is 11.9 Å². The van der Waals surface area contributed by atoms with Crippen LogP contribution in [0.25, 0.3) is 0 Å². The molecule has 1 unspecified atom stereocenters. The monoisotopic (exact) mass is 291 g/mol. The van der Waals surface area contributed by atoms with Crippen molar-refractivity contribution in [3.05, 3.63) is 58.6 Å². The fraction of sp³-hybridized carbons (Fsp3) is 0.333. The molecular weight excluding hydrogens is 274 g/mol. The third-order valence-electron chi connectivity index (χ3n) is 2.99. The molecule has 1 atom stereocenters. The van der Waals surface area contributed by atoms with Crippen molar-refractivity contribution >= 4 is 17.4 Å². The van der Waals surface area contributed by atoms with Crippen molar-refractivity contribution < 1.29 is 0 Å². The summed E-state index contributed by atoms with van der Waals surface area (Å²) in [6, 6.07) is 9.77. The van der Waals surface area contributed by atoms with Gasteiger partial charge in [-0.3, -0.25) is 4.79 Å². The minimum absolute atomic E-state index is 0.105. The van der Waals surface area contributed by atoms with Crippen LogP contribution in [-0.4, -0.2) is 16.1 Å². The van der Waals surface area contributed by atoms with Crippen LogP contribution in [0.4, 0.5) is 5.82 Å². The second-order valence-electron chi connectivity index (χ2n) is 4.53. The molecule has 5 heteroatoms. The molecule has 0 spiro atoms. The van der Waals surface area contributed by atoms with Gasteiger partial charge in [0.15, 0.2) is 5.82 Å². The summed E-state index contributed by atoms with van der Waals surface area (Å²) in [5.74, 6) is 0.350. The molecule has 0 saturated carbocycles. The van der Waals surface area contributed by atoms with Gasteiger partial charge >= 0.3 is 0 Å². The van der Waals surface area contributed by atoms with E-state index in [1.165, 1.54) is 0 Å². The van der Waals surface area contributed by atoms with E-state index in [1.54, 1.807) is 17.0 Å². The maximum atomic E-state index is 12.1. The highest BCUT2D eigenvalue weighted by molar-refractivity contribution is 6.21. The smallest absolute Gasteiger partial charge is 0.293 e. The zero-order valence-corrected chi connectivity index (χ0v) is 12.2. The minimum Gasteiger partial charge on any atom is -0.364 e. The third kappa shape index (κ3) is 3.61. The van der Waals surface area contributed by atoms with E-state index in [9.17, 15) is 4.79 Å². The quantitative estimate of drug-likeness (QED) is 0.832. The number of benzene rings is 1. The van der Waals surface area contributed by atoms with E-state index in [2.05, 4.69) is 10.3 Å². The molecule has 2 rings (SSSR count). The zero-order chi connectivity index (χ0) is 14.4. The lowest BCUT2D eigenvalue weighted by Gasteiger charge is -2.12. The molecule has 0 aliphatic rings. The molecule has 106 valence electrons. The van der Waals surface area contributed by atoms with E-state index < -0.39 is 0 Å². The van der Waals surface area contributed by atoms with E-state index in [0.717, 1.165) is 12.0 Å². The van der Waals surface area contributed by atoms with Gasteiger partial charge in [-0.1, -0.05) is 37.3 Å². The summed E-state index contributed by atoms with van der Waals surface area (Å²) >= 11 is 6.31. The number of halogens is 1. The first-order chi connectivity index (χ1) is 9.72. The summed E-state index contributed by atoms with van der Waals surface area (Å²) in [4.78, 5) is 16.2. The standard InChI is InChI=1S/C15H18ClN3O/c1-2-9-19-10-8-17-14(15(19)20)18-11-13(16)12-6-4-3-5-7-12/h3-8,10,13H,2,9,11H2,1H3,(H,17,18). The normalized spacial score (nSPS) is 12.1. The van der Waals surface area contributed by atoms with Gasteiger partial charge in [-0.05, 0) is 12.0 Å². The summed E-state index contributed by atoms with van der Waals surface area (Å²) in [5, 5.41) is 2.84. The van der Waals surface area contributed by atoms with Gasteiger partial charge in [-0.25, -0.2) is 4.98 Å². The molecular formula is C15H18ClN3O. The number of nitrogens with zero attached hydrogens (tertiary/aromatic N) is 2. The highest BCUT2D eigenvalue weighted by atomic mass is 35.5. The number of nitrogens with one attached hydrogen (secondary N) is 1. The lowest BCUT2D eigenvalue weighted by Crippen LogP contribution is -2.25. The number of hydrogen-bond donors (Lipinski definition) is 1. The molecule has 0 amide bonds. The molecule has 0 saturated heterocycles. The molecule has 1 aromatic heterocycles. The summed E-state index contributed by atoms with van der Waals surface area (Å²) < 4.78 is 1.65. The molecule has 20 heavy (non-hydrogen) atoms. The highest BCUT2D eigenvalue weighted by Crippen LogP contribution is 2.19. The fourth-order valence-corrected chi connectivity index (χ4v) is 2.17. The third-order valence-corrected chi connectivity index (χ3v) is 3.39. The maximum Gasteiger partial charge on any atom is 0.293 e. The van der Waals surface area contributed by atoms with E-state index in [0.29, 0.717) is 18.9 Å². The van der Waals surface area contributed by atoms with E-state index in [1.807, 2.05) is 37.3 Å². The van der Waals surface area contributed by atoms with E-state index >= 15 is 0 Å². The molecule has 0 bridgehead atoms. The Morgan fingerprint density at radius 3 is 2.80 bits per heavy atom. The fourth-order valence-electron chi connectivity index (χ4n) is 1.95. The Bertz CT molecular complexity index is 598. The number of hydrogen-bond acceptors (Lipinski definition) is 3. The molecule has 1 N–H and O–H groups in total. The van der Waals surface area contributed by atoms with Gasteiger partial charge in [0.1, 0.15) is 0 Å². The Morgan fingerprint density at radius 1 is 1.35 bits per heavy atom. The summed E-state index contributed by atoms with van der Waals surface area (Å²) in [5.41, 5.74) is 0.915. The SMILES string of the molecule is CCCn1ccnc(NCC(Cl)c2ccccc2)c1=O. The van der Waals surface area contributed by atoms with E-state index in [4.69, 9.17) is 11.6 Å². The van der Waals surface area contributed by atoms with Crippen LogP contribution < -0.4 is 10.9 Å². The number of rotatable bonds is 6. The summed E-state index contributed by atoms with van der Waals surface area (Å²) in [6.45, 7) is 3.19. The van der Waals surface area contributed by atoms with Crippen LogP contribution in [0.3, 0.4) is 0 Å². The summed E-state index contributed by atoms with van der Waals surface area (Å²) in [6.07, 6.45) is 4.24. The van der Waals surface area contributed by atoms with Crippen molar-refractivity contribution in [3.8, 4) is 0 Å². The highest BCUT2D eigenvalue weighted by Gasteiger charge is 2.09. The average Bonchev–Trinajstić information content (AvgIpc) is 2.49. The lowest BCUT2D eigenvalue weighted by atomic mass is 10.1. The van der Waals surface area contributed by atoms with Crippen LogP contribution in [0, 0.1) is 0 Å². The van der Waals surface area contributed by atoms with Gasteiger partial charge in [-0.15, -0.1) is 11.6 Å². The van der Waals surface area contributed by atoms with Crippen molar-refractivity contribution in [2.24, 2.45) is 0 Å². The Kier molecular flexibility index (Phi) is 5.18. The Morgan fingerprint density at radius 2 is 2.10 bits per heavy atom. The molecule has 0 aliphatic carbocycles. The van der Waals surface area contributed by atoms with Gasteiger partial charge in [0.25, 0.3) is 5.56 Å². The van der Waals surface area contributed by atoms with Crippen molar-refractivity contribution in [1.29, 1.82) is 0 Å². The topological polar surface area (TPSA) is 46.9 Å². The lowest BCUT2D eigenvalue weighted by molar-refractivity contribution is 0.649. The molecule has 1 heterocycles. The van der Waals surface area contributed by atoms with Crippen molar-refractivity contribution in [2.45, 2.75) is 25.3 Å². The zero-order valence-electron chi connectivity index (χ0n) is 11.4. The van der Waals surface area contributed by atoms with Crippen LogP contribution >= 0.6 is 11.6 Å². The Balaban J connectivity index is 2.04. The maximum absolute atomic E-state index is 12.1.